The van der Waals surface area contributed by atoms with Crippen LogP contribution in [0.25, 0.3) is 0 Å². The van der Waals surface area contributed by atoms with E-state index in [9.17, 15) is 9.59 Å². The van der Waals surface area contributed by atoms with Gasteiger partial charge in [-0.05, 0) is 50.1 Å². The Kier molecular flexibility index (Phi) is 4.25. The van der Waals surface area contributed by atoms with Crippen LogP contribution in [0.5, 0.6) is 5.75 Å². The molecule has 0 saturated heterocycles. The van der Waals surface area contributed by atoms with Gasteiger partial charge in [0.2, 0.25) is 5.91 Å². The van der Waals surface area contributed by atoms with Crippen molar-refractivity contribution in [2.24, 2.45) is 0 Å². The Morgan fingerprint density at radius 2 is 2.00 bits per heavy atom. The smallest absolute Gasteiger partial charge is 0.265 e. The summed E-state index contributed by atoms with van der Waals surface area (Å²) >= 11 is 0. The fourth-order valence-electron chi connectivity index (χ4n) is 2.70. The number of ether oxygens (including phenoxy) is 1. The summed E-state index contributed by atoms with van der Waals surface area (Å²) in [6.07, 6.45) is -0.275. The number of anilines is 2. The lowest BCUT2D eigenvalue weighted by atomic mass is 10.1. The number of benzene rings is 2. The third kappa shape index (κ3) is 3.40. The first-order valence-electron chi connectivity index (χ1n) is 7.90. The van der Waals surface area contributed by atoms with Gasteiger partial charge >= 0.3 is 0 Å². The Labute approximate surface area is 141 Å². The molecule has 2 aromatic carbocycles. The predicted molar refractivity (Wildman–Crippen MR) is 93.4 cm³/mol. The molecule has 2 N–H and O–H groups in total. The lowest BCUT2D eigenvalue weighted by Gasteiger charge is -2.23. The lowest BCUT2D eigenvalue weighted by Crippen LogP contribution is -2.34. The largest absolute Gasteiger partial charge is 0.479 e. The number of fused-ring (bicyclic) bond motifs is 1. The van der Waals surface area contributed by atoms with Crippen molar-refractivity contribution in [1.82, 2.24) is 0 Å². The second-order valence-corrected chi connectivity index (χ2v) is 6.12. The van der Waals surface area contributed by atoms with Gasteiger partial charge in [0, 0.05) is 5.69 Å². The van der Waals surface area contributed by atoms with Gasteiger partial charge in [-0.2, -0.15) is 0 Å². The van der Waals surface area contributed by atoms with Gasteiger partial charge in [-0.15, -0.1) is 0 Å². The molecule has 2 aromatic rings. The molecular formula is C19H20N2O3. The standard InChI is InChI=1S/C19H20N2O3/c1-11-4-6-15(12(2)8-11)20-18(22)10-14-5-7-17-16(9-14)21-19(23)13(3)24-17/h4-9,13H,10H2,1-3H3,(H,20,22)(H,21,23). The summed E-state index contributed by atoms with van der Waals surface area (Å²) in [5, 5.41) is 5.72. The topological polar surface area (TPSA) is 67.4 Å². The number of carbonyl (C=O) groups excluding carboxylic acids is 2. The van der Waals surface area contributed by atoms with E-state index in [2.05, 4.69) is 10.6 Å². The van der Waals surface area contributed by atoms with E-state index in [0.29, 0.717) is 11.4 Å². The van der Waals surface area contributed by atoms with Crippen molar-refractivity contribution in [1.29, 1.82) is 0 Å². The average molecular weight is 324 g/mol. The molecule has 0 radical (unpaired) electrons. The van der Waals surface area contributed by atoms with Gasteiger partial charge in [-0.3, -0.25) is 9.59 Å². The highest BCUT2D eigenvalue weighted by molar-refractivity contribution is 5.98. The molecule has 1 heterocycles. The van der Waals surface area contributed by atoms with Gasteiger partial charge in [0.25, 0.3) is 5.91 Å². The summed E-state index contributed by atoms with van der Waals surface area (Å²) in [5.41, 5.74) is 4.42. The van der Waals surface area contributed by atoms with Crippen LogP contribution in [0.4, 0.5) is 11.4 Å². The van der Waals surface area contributed by atoms with E-state index >= 15 is 0 Å². The molecule has 1 aliphatic heterocycles. The number of nitrogens with one attached hydrogen (secondary N) is 2. The van der Waals surface area contributed by atoms with Crippen LogP contribution < -0.4 is 15.4 Å². The summed E-state index contributed by atoms with van der Waals surface area (Å²) in [6.45, 7) is 5.68. The maximum absolute atomic E-state index is 12.3. The number of hydrogen-bond donors (Lipinski definition) is 2. The molecule has 0 spiro atoms. The maximum atomic E-state index is 12.3. The Balaban J connectivity index is 1.71. The summed E-state index contributed by atoms with van der Waals surface area (Å²) < 4.78 is 5.51. The van der Waals surface area contributed by atoms with Crippen molar-refractivity contribution in [3.8, 4) is 5.75 Å². The SMILES string of the molecule is Cc1ccc(NC(=O)Cc2ccc3c(c2)NC(=O)C(C)O3)c(C)c1. The Bertz CT molecular complexity index is 814. The second-order valence-electron chi connectivity index (χ2n) is 6.12. The van der Waals surface area contributed by atoms with Gasteiger partial charge in [0.05, 0.1) is 12.1 Å². The molecule has 0 fully saturated rings. The molecule has 2 amide bonds. The van der Waals surface area contributed by atoms with Crippen LogP contribution in [0.1, 0.15) is 23.6 Å². The zero-order valence-electron chi connectivity index (χ0n) is 14.0. The van der Waals surface area contributed by atoms with E-state index in [1.54, 1.807) is 19.1 Å². The monoisotopic (exact) mass is 324 g/mol. The zero-order chi connectivity index (χ0) is 17.3. The normalized spacial score (nSPS) is 16.0. The van der Waals surface area contributed by atoms with Crippen LogP contribution in [0, 0.1) is 13.8 Å². The van der Waals surface area contributed by atoms with E-state index in [1.807, 2.05) is 38.1 Å². The maximum Gasteiger partial charge on any atom is 0.265 e. The molecule has 124 valence electrons. The number of hydrogen-bond acceptors (Lipinski definition) is 3. The van der Waals surface area contributed by atoms with Crippen molar-refractivity contribution in [2.45, 2.75) is 33.3 Å². The third-order valence-corrected chi connectivity index (χ3v) is 4.00. The minimum Gasteiger partial charge on any atom is -0.479 e. The second kappa shape index (κ2) is 6.35. The molecule has 5 heteroatoms. The van der Waals surface area contributed by atoms with Crippen molar-refractivity contribution < 1.29 is 14.3 Å². The van der Waals surface area contributed by atoms with Crippen LogP contribution in [0.3, 0.4) is 0 Å². The van der Waals surface area contributed by atoms with E-state index in [1.165, 1.54) is 0 Å². The first-order valence-corrected chi connectivity index (χ1v) is 7.90. The molecule has 3 rings (SSSR count). The molecule has 1 atom stereocenters. The molecule has 0 bridgehead atoms. The molecule has 0 saturated carbocycles. The Morgan fingerprint density at radius 3 is 2.75 bits per heavy atom. The first-order chi connectivity index (χ1) is 11.4. The van der Waals surface area contributed by atoms with Crippen molar-refractivity contribution in [2.75, 3.05) is 10.6 Å². The molecule has 24 heavy (non-hydrogen) atoms. The van der Waals surface area contributed by atoms with Crippen LogP contribution in [-0.4, -0.2) is 17.9 Å². The quantitative estimate of drug-likeness (QED) is 0.911. The van der Waals surface area contributed by atoms with Crippen molar-refractivity contribution in [3.05, 3.63) is 53.1 Å². The van der Waals surface area contributed by atoms with Crippen molar-refractivity contribution in [3.63, 3.8) is 0 Å². The molecule has 0 aromatic heterocycles. The van der Waals surface area contributed by atoms with Gasteiger partial charge in [0.15, 0.2) is 6.10 Å². The predicted octanol–water partition coefficient (Wildman–Crippen LogP) is 3.20. The number of carbonyl (C=O) groups is 2. The molecule has 5 nitrogen and oxygen atoms in total. The van der Waals surface area contributed by atoms with Gasteiger partial charge < -0.3 is 15.4 Å². The molecule has 0 aliphatic carbocycles. The van der Waals surface area contributed by atoms with Crippen molar-refractivity contribution >= 4 is 23.2 Å². The summed E-state index contributed by atoms with van der Waals surface area (Å²) in [4.78, 5) is 24.0. The van der Waals surface area contributed by atoms with E-state index in [0.717, 1.165) is 22.4 Å². The highest BCUT2D eigenvalue weighted by Crippen LogP contribution is 2.30. The Morgan fingerprint density at radius 1 is 1.21 bits per heavy atom. The van der Waals surface area contributed by atoms with E-state index < -0.39 is 6.10 Å². The Hall–Kier alpha value is -2.82. The highest BCUT2D eigenvalue weighted by atomic mass is 16.5. The van der Waals surface area contributed by atoms with E-state index in [4.69, 9.17) is 4.74 Å². The van der Waals surface area contributed by atoms with Gasteiger partial charge in [-0.1, -0.05) is 23.8 Å². The van der Waals surface area contributed by atoms with Gasteiger partial charge in [-0.25, -0.2) is 0 Å². The zero-order valence-corrected chi connectivity index (χ0v) is 14.0. The molecule has 1 aliphatic rings. The lowest BCUT2D eigenvalue weighted by molar-refractivity contribution is -0.122. The fourth-order valence-corrected chi connectivity index (χ4v) is 2.70. The minimum absolute atomic E-state index is 0.0988. The third-order valence-electron chi connectivity index (χ3n) is 4.00. The van der Waals surface area contributed by atoms with Crippen LogP contribution in [-0.2, 0) is 16.0 Å². The average Bonchev–Trinajstić information content (AvgIpc) is 2.51. The van der Waals surface area contributed by atoms with Gasteiger partial charge in [0.1, 0.15) is 5.75 Å². The number of amides is 2. The number of rotatable bonds is 3. The molecular weight excluding hydrogens is 304 g/mol. The minimum atomic E-state index is -0.504. The number of aryl methyl sites for hydroxylation is 2. The summed E-state index contributed by atoms with van der Waals surface area (Å²) in [7, 11) is 0. The summed E-state index contributed by atoms with van der Waals surface area (Å²) in [6, 6.07) is 11.3. The van der Waals surface area contributed by atoms with Crippen LogP contribution in [0.2, 0.25) is 0 Å². The first kappa shape index (κ1) is 16.1. The highest BCUT2D eigenvalue weighted by Gasteiger charge is 2.23. The van der Waals surface area contributed by atoms with E-state index in [-0.39, 0.29) is 18.2 Å². The summed E-state index contributed by atoms with van der Waals surface area (Å²) in [5.74, 6) is 0.346. The van der Waals surface area contributed by atoms with Crippen LogP contribution in [0.15, 0.2) is 36.4 Å². The fraction of sp³-hybridized carbons (Fsp3) is 0.263. The van der Waals surface area contributed by atoms with Crippen LogP contribution >= 0.6 is 0 Å². The molecule has 1 unspecified atom stereocenters.